The van der Waals surface area contributed by atoms with Crippen LogP contribution in [0.4, 0.5) is 11.5 Å². The lowest BCUT2D eigenvalue weighted by atomic mass is 10.1. The van der Waals surface area contributed by atoms with E-state index in [2.05, 4.69) is 25.7 Å². The molecule has 0 radical (unpaired) electrons. The minimum atomic E-state index is -0.395. The quantitative estimate of drug-likeness (QED) is 0.612. The lowest BCUT2D eigenvalue weighted by Crippen LogP contribution is -2.26. The summed E-state index contributed by atoms with van der Waals surface area (Å²) in [6.45, 7) is 0.246. The summed E-state index contributed by atoms with van der Waals surface area (Å²) >= 11 is 0. The van der Waals surface area contributed by atoms with Crippen LogP contribution in [0.25, 0.3) is 11.0 Å². The van der Waals surface area contributed by atoms with Gasteiger partial charge in [0.15, 0.2) is 12.3 Å². The van der Waals surface area contributed by atoms with Gasteiger partial charge in [-0.25, -0.2) is 9.97 Å². The third-order valence-corrected chi connectivity index (χ3v) is 4.01. The first-order valence-corrected chi connectivity index (χ1v) is 7.80. The third-order valence-electron chi connectivity index (χ3n) is 4.01. The van der Waals surface area contributed by atoms with E-state index in [4.69, 9.17) is 10.5 Å². The van der Waals surface area contributed by atoms with Gasteiger partial charge in [-0.05, 0) is 17.7 Å². The lowest BCUT2D eigenvalue weighted by molar-refractivity contribution is -0.118. The van der Waals surface area contributed by atoms with Gasteiger partial charge in [-0.2, -0.15) is 5.10 Å². The molecule has 2 aromatic heterocycles. The molecule has 4 N–H and O–H groups in total. The highest BCUT2D eigenvalue weighted by atomic mass is 16.5. The van der Waals surface area contributed by atoms with Crippen LogP contribution in [0.15, 0.2) is 24.5 Å². The molecule has 4 rings (SSSR count). The van der Waals surface area contributed by atoms with Gasteiger partial charge >= 0.3 is 0 Å². The standard InChI is InChI=1S/C16H15N7O3/c1-23-15(17)13-12(22-23)14(20-7-19-13)16(25)18-5-8-2-3-10-9(4-8)21-11(24)6-26-10/h2-4,7H,5-6,17H2,1H3,(H,18,25)(H,21,24). The fraction of sp³-hybridized carbons (Fsp3) is 0.188. The van der Waals surface area contributed by atoms with Crippen LogP contribution in [0.1, 0.15) is 16.1 Å². The van der Waals surface area contributed by atoms with Crippen molar-refractivity contribution in [2.24, 2.45) is 7.05 Å². The number of hydrogen-bond acceptors (Lipinski definition) is 7. The Hall–Kier alpha value is -3.69. The molecule has 0 atom stereocenters. The minimum absolute atomic E-state index is 0.0000000198. The van der Waals surface area contributed by atoms with E-state index in [1.165, 1.54) is 11.0 Å². The Morgan fingerprint density at radius 3 is 3.08 bits per heavy atom. The number of anilines is 2. The van der Waals surface area contributed by atoms with Crippen LogP contribution < -0.4 is 21.1 Å². The van der Waals surface area contributed by atoms with Gasteiger partial charge in [-0.15, -0.1) is 0 Å². The molecule has 0 saturated carbocycles. The number of carbonyl (C=O) groups is 2. The molecule has 1 aliphatic heterocycles. The van der Waals surface area contributed by atoms with Crippen molar-refractivity contribution >= 4 is 34.4 Å². The highest BCUT2D eigenvalue weighted by Crippen LogP contribution is 2.28. The van der Waals surface area contributed by atoms with Gasteiger partial charge < -0.3 is 21.1 Å². The first kappa shape index (κ1) is 15.8. The van der Waals surface area contributed by atoms with Gasteiger partial charge in [0.25, 0.3) is 11.8 Å². The number of rotatable bonds is 3. The summed E-state index contributed by atoms with van der Waals surface area (Å²) in [5.41, 5.74) is 8.18. The van der Waals surface area contributed by atoms with Crippen LogP contribution in [0.3, 0.4) is 0 Å². The van der Waals surface area contributed by atoms with Crippen LogP contribution in [-0.2, 0) is 18.4 Å². The normalized spacial score (nSPS) is 13.0. The number of amides is 2. The zero-order valence-corrected chi connectivity index (χ0v) is 13.8. The summed E-state index contributed by atoms with van der Waals surface area (Å²) in [6, 6.07) is 5.31. The summed E-state index contributed by atoms with van der Waals surface area (Å²) < 4.78 is 6.76. The number of fused-ring (bicyclic) bond motifs is 2. The monoisotopic (exact) mass is 353 g/mol. The van der Waals surface area contributed by atoms with Crippen LogP contribution in [0.5, 0.6) is 5.75 Å². The molecule has 1 aliphatic rings. The van der Waals surface area contributed by atoms with Crippen molar-refractivity contribution in [3.63, 3.8) is 0 Å². The van der Waals surface area contributed by atoms with Crippen molar-refractivity contribution in [3.8, 4) is 5.75 Å². The van der Waals surface area contributed by atoms with Crippen molar-refractivity contribution in [2.45, 2.75) is 6.54 Å². The molecular weight excluding hydrogens is 338 g/mol. The molecule has 26 heavy (non-hydrogen) atoms. The summed E-state index contributed by atoms with van der Waals surface area (Å²) in [5.74, 6) is 0.353. The van der Waals surface area contributed by atoms with Crippen LogP contribution in [0, 0.1) is 0 Å². The van der Waals surface area contributed by atoms with E-state index >= 15 is 0 Å². The maximum absolute atomic E-state index is 12.5. The van der Waals surface area contributed by atoms with Crippen LogP contribution in [0.2, 0.25) is 0 Å². The highest BCUT2D eigenvalue weighted by molar-refractivity contribution is 6.04. The molecule has 0 unspecified atom stereocenters. The number of nitrogens with two attached hydrogens (primary N) is 1. The molecule has 0 bridgehead atoms. The van der Waals surface area contributed by atoms with E-state index in [0.29, 0.717) is 28.3 Å². The number of hydrogen-bond donors (Lipinski definition) is 3. The number of ether oxygens (including phenoxy) is 1. The van der Waals surface area contributed by atoms with E-state index in [-0.39, 0.29) is 24.8 Å². The fourth-order valence-electron chi connectivity index (χ4n) is 2.69. The molecular formula is C16H15N7O3. The first-order valence-electron chi connectivity index (χ1n) is 7.80. The summed E-state index contributed by atoms with van der Waals surface area (Å²) in [5, 5.41) is 9.71. The predicted octanol–water partition coefficient (Wildman–Crippen LogP) is 0.206. The number of benzene rings is 1. The van der Waals surface area contributed by atoms with Gasteiger partial charge in [0.05, 0.1) is 5.69 Å². The molecule has 0 fully saturated rings. The first-order chi connectivity index (χ1) is 12.5. The second kappa shape index (κ2) is 5.99. The Labute approximate surface area is 147 Å². The van der Waals surface area contributed by atoms with Crippen LogP contribution in [-0.4, -0.2) is 38.2 Å². The average Bonchev–Trinajstić information content (AvgIpc) is 2.93. The van der Waals surface area contributed by atoms with Crippen molar-refractivity contribution in [2.75, 3.05) is 17.7 Å². The molecule has 10 heteroatoms. The summed E-state index contributed by atoms with van der Waals surface area (Å²) in [6.07, 6.45) is 1.28. The number of nitrogens with zero attached hydrogens (tertiary/aromatic N) is 4. The number of aryl methyl sites for hydroxylation is 1. The summed E-state index contributed by atoms with van der Waals surface area (Å²) in [7, 11) is 1.67. The van der Waals surface area contributed by atoms with E-state index < -0.39 is 5.91 Å². The highest BCUT2D eigenvalue weighted by Gasteiger charge is 2.19. The largest absolute Gasteiger partial charge is 0.482 e. The molecule has 3 aromatic rings. The van der Waals surface area contributed by atoms with E-state index in [0.717, 1.165) is 5.56 Å². The SMILES string of the molecule is Cn1nc2c(C(=O)NCc3ccc4c(c3)NC(=O)CO4)ncnc2c1N. The van der Waals surface area contributed by atoms with Crippen LogP contribution >= 0.6 is 0 Å². The molecule has 3 heterocycles. The molecule has 10 nitrogen and oxygen atoms in total. The third kappa shape index (κ3) is 2.66. The Morgan fingerprint density at radius 1 is 1.38 bits per heavy atom. The number of nitrogens with one attached hydrogen (secondary N) is 2. The number of carbonyl (C=O) groups excluding carboxylic acids is 2. The Balaban J connectivity index is 1.54. The van der Waals surface area contributed by atoms with Gasteiger partial charge in [-0.1, -0.05) is 6.07 Å². The van der Waals surface area contributed by atoms with Gasteiger partial charge in [-0.3, -0.25) is 14.3 Å². The molecule has 2 amide bonds. The average molecular weight is 353 g/mol. The Bertz CT molecular complexity index is 1040. The minimum Gasteiger partial charge on any atom is -0.482 e. The zero-order valence-electron chi connectivity index (χ0n) is 13.8. The second-order valence-corrected chi connectivity index (χ2v) is 5.78. The van der Waals surface area contributed by atoms with Crippen molar-refractivity contribution in [1.82, 2.24) is 25.1 Å². The Kier molecular flexibility index (Phi) is 3.64. The number of nitrogen functional groups attached to an aromatic ring is 1. The molecule has 0 saturated heterocycles. The fourth-order valence-corrected chi connectivity index (χ4v) is 2.69. The van der Waals surface area contributed by atoms with Gasteiger partial charge in [0.1, 0.15) is 28.9 Å². The maximum Gasteiger partial charge on any atom is 0.272 e. The molecule has 132 valence electrons. The van der Waals surface area contributed by atoms with Gasteiger partial charge in [0, 0.05) is 13.6 Å². The van der Waals surface area contributed by atoms with Gasteiger partial charge in [0.2, 0.25) is 0 Å². The molecule has 0 aliphatic carbocycles. The summed E-state index contributed by atoms with van der Waals surface area (Å²) in [4.78, 5) is 32.0. The second-order valence-electron chi connectivity index (χ2n) is 5.78. The van der Waals surface area contributed by atoms with E-state index in [1.54, 1.807) is 19.2 Å². The number of aromatic nitrogens is 4. The molecule has 0 spiro atoms. The lowest BCUT2D eigenvalue weighted by Gasteiger charge is -2.18. The van der Waals surface area contributed by atoms with E-state index in [9.17, 15) is 9.59 Å². The predicted molar refractivity (Wildman–Crippen MR) is 92.5 cm³/mol. The van der Waals surface area contributed by atoms with E-state index in [1.807, 2.05) is 6.07 Å². The van der Waals surface area contributed by atoms with Crippen molar-refractivity contribution in [1.29, 1.82) is 0 Å². The van der Waals surface area contributed by atoms with Crippen molar-refractivity contribution in [3.05, 3.63) is 35.8 Å². The zero-order chi connectivity index (χ0) is 18.3. The van der Waals surface area contributed by atoms with Crippen molar-refractivity contribution < 1.29 is 14.3 Å². The maximum atomic E-state index is 12.5. The Morgan fingerprint density at radius 2 is 2.23 bits per heavy atom. The topological polar surface area (TPSA) is 137 Å². The molecule has 1 aromatic carbocycles. The smallest absolute Gasteiger partial charge is 0.272 e.